The summed E-state index contributed by atoms with van der Waals surface area (Å²) >= 11 is 0. The maximum absolute atomic E-state index is 11.5. The third kappa shape index (κ3) is 2.22. The first kappa shape index (κ1) is 9.86. The van der Waals surface area contributed by atoms with Gasteiger partial charge in [0, 0.05) is 19.0 Å². The maximum atomic E-state index is 11.5. The van der Waals surface area contributed by atoms with E-state index < -0.39 is 0 Å². The highest BCUT2D eigenvalue weighted by Gasteiger charge is 2.29. The Bertz CT molecular complexity index is 357. The first-order valence-corrected chi connectivity index (χ1v) is 4.77. The van der Waals surface area contributed by atoms with Crippen molar-refractivity contribution in [2.24, 2.45) is 5.92 Å². The second-order valence-electron chi connectivity index (χ2n) is 3.49. The quantitative estimate of drug-likeness (QED) is 0.687. The molecule has 4 nitrogen and oxygen atoms in total. The number of hydrogen-bond acceptors (Lipinski definition) is 4. The Morgan fingerprint density at radius 1 is 1.33 bits per heavy atom. The predicted octanol–water partition coefficient (Wildman–Crippen LogP) is 0.889. The first-order valence-electron chi connectivity index (χ1n) is 4.77. The lowest BCUT2D eigenvalue weighted by molar-refractivity contribution is -0.174. The third-order valence-corrected chi connectivity index (χ3v) is 2.29. The van der Waals surface area contributed by atoms with E-state index >= 15 is 0 Å². The van der Waals surface area contributed by atoms with Crippen molar-refractivity contribution in [3.8, 4) is 0 Å². The molecule has 0 radical (unpaired) electrons. The zero-order valence-electron chi connectivity index (χ0n) is 8.13. The zero-order valence-corrected chi connectivity index (χ0v) is 8.13. The van der Waals surface area contributed by atoms with Crippen molar-refractivity contribution in [1.29, 1.82) is 0 Å². The van der Waals surface area contributed by atoms with E-state index in [0.717, 1.165) is 6.29 Å². The molecule has 0 atom stereocenters. The molecule has 0 bridgehead atoms. The van der Waals surface area contributed by atoms with E-state index in [2.05, 4.69) is 0 Å². The molecule has 2 rings (SSSR count). The summed E-state index contributed by atoms with van der Waals surface area (Å²) in [6.45, 7) is 1.00. The number of benzene rings is 1. The van der Waals surface area contributed by atoms with Gasteiger partial charge < -0.3 is 9.63 Å². The van der Waals surface area contributed by atoms with Gasteiger partial charge in [-0.2, -0.15) is 0 Å². The number of aldehydes is 1. The molecule has 1 aliphatic heterocycles. The van der Waals surface area contributed by atoms with Gasteiger partial charge >= 0.3 is 5.97 Å². The van der Waals surface area contributed by atoms with Gasteiger partial charge in [-0.05, 0) is 12.1 Å². The van der Waals surface area contributed by atoms with E-state index in [9.17, 15) is 9.59 Å². The standard InChI is InChI=1S/C11H11NO3/c13-8-9-6-12(7-9)15-11(14)10-4-2-1-3-5-10/h1-5,8-9H,6-7H2. The van der Waals surface area contributed by atoms with Gasteiger partial charge in [0.15, 0.2) is 0 Å². The van der Waals surface area contributed by atoms with E-state index in [0.29, 0.717) is 18.7 Å². The van der Waals surface area contributed by atoms with Crippen LogP contribution in [-0.2, 0) is 9.63 Å². The summed E-state index contributed by atoms with van der Waals surface area (Å²) in [5, 5.41) is 1.49. The van der Waals surface area contributed by atoms with Crippen molar-refractivity contribution in [2.45, 2.75) is 0 Å². The summed E-state index contributed by atoms with van der Waals surface area (Å²) in [6.07, 6.45) is 0.882. The molecule has 0 amide bonds. The number of nitrogens with zero attached hydrogens (tertiary/aromatic N) is 1. The fourth-order valence-electron chi connectivity index (χ4n) is 1.37. The van der Waals surface area contributed by atoms with Crippen molar-refractivity contribution < 1.29 is 14.4 Å². The summed E-state index contributed by atoms with van der Waals surface area (Å²) in [5.41, 5.74) is 0.520. The van der Waals surface area contributed by atoms with Gasteiger partial charge in [-0.1, -0.05) is 18.2 Å². The first-order chi connectivity index (χ1) is 7.29. The average molecular weight is 205 g/mol. The minimum atomic E-state index is -0.375. The lowest BCUT2D eigenvalue weighted by Gasteiger charge is -2.33. The molecule has 15 heavy (non-hydrogen) atoms. The van der Waals surface area contributed by atoms with Crippen LogP contribution in [0.4, 0.5) is 0 Å². The van der Waals surface area contributed by atoms with Crippen molar-refractivity contribution in [1.82, 2.24) is 5.06 Å². The van der Waals surface area contributed by atoms with Crippen LogP contribution in [0.3, 0.4) is 0 Å². The number of carbonyl (C=O) groups excluding carboxylic acids is 2. The van der Waals surface area contributed by atoms with Gasteiger partial charge in [-0.3, -0.25) is 0 Å². The monoisotopic (exact) mass is 205 g/mol. The van der Waals surface area contributed by atoms with E-state index in [1.165, 1.54) is 5.06 Å². The second-order valence-corrected chi connectivity index (χ2v) is 3.49. The van der Waals surface area contributed by atoms with Crippen LogP contribution in [0.5, 0.6) is 0 Å². The van der Waals surface area contributed by atoms with E-state index in [1.54, 1.807) is 24.3 Å². The Balaban J connectivity index is 1.86. The molecular formula is C11H11NO3. The minimum Gasteiger partial charge on any atom is -0.364 e. The summed E-state index contributed by atoms with van der Waals surface area (Å²) in [6, 6.07) is 8.78. The molecule has 0 saturated carbocycles. The lowest BCUT2D eigenvalue weighted by Crippen LogP contribution is -2.48. The van der Waals surface area contributed by atoms with Gasteiger partial charge in [-0.15, -0.1) is 5.06 Å². The number of hydroxylamine groups is 2. The zero-order chi connectivity index (χ0) is 10.7. The van der Waals surface area contributed by atoms with E-state index in [4.69, 9.17) is 4.84 Å². The Morgan fingerprint density at radius 3 is 2.60 bits per heavy atom. The fourth-order valence-corrected chi connectivity index (χ4v) is 1.37. The van der Waals surface area contributed by atoms with Gasteiger partial charge in [0.25, 0.3) is 0 Å². The summed E-state index contributed by atoms with van der Waals surface area (Å²) in [7, 11) is 0. The fraction of sp³-hybridized carbons (Fsp3) is 0.273. The van der Waals surface area contributed by atoms with Crippen molar-refractivity contribution in [3.05, 3.63) is 35.9 Å². The number of rotatable bonds is 3. The molecule has 1 fully saturated rings. The topological polar surface area (TPSA) is 46.6 Å². The lowest BCUT2D eigenvalue weighted by atomic mass is 10.1. The molecule has 1 aromatic rings. The Morgan fingerprint density at radius 2 is 2.00 bits per heavy atom. The smallest absolute Gasteiger partial charge is 0.357 e. The molecule has 1 heterocycles. The summed E-state index contributed by atoms with van der Waals surface area (Å²) in [4.78, 5) is 26.9. The minimum absolute atomic E-state index is 0.00794. The highest BCUT2D eigenvalue weighted by Crippen LogP contribution is 2.14. The third-order valence-electron chi connectivity index (χ3n) is 2.29. The van der Waals surface area contributed by atoms with Crippen LogP contribution >= 0.6 is 0 Å². The molecule has 1 saturated heterocycles. The van der Waals surface area contributed by atoms with Crippen LogP contribution in [0.1, 0.15) is 10.4 Å². The maximum Gasteiger partial charge on any atom is 0.357 e. The largest absolute Gasteiger partial charge is 0.364 e. The van der Waals surface area contributed by atoms with Gasteiger partial charge in [0.1, 0.15) is 6.29 Å². The SMILES string of the molecule is O=CC1CN(OC(=O)c2ccccc2)C1. The molecule has 0 aromatic heterocycles. The molecular weight excluding hydrogens is 194 g/mol. The molecule has 4 heteroatoms. The molecule has 78 valence electrons. The van der Waals surface area contributed by atoms with Crippen LogP contribution in [0.2, 0.25) is 0 Å². The van der Waals surface area contributed by atoms with Crippen LogP contribution in [-0.4, -0.2) is 30.4 Å². The van der Waals surface area contributed by atoms with Crippen LogP contribution in [0.25, 0.3) is 0 Å². The highest BCUT2D eigenvalue weighted by molar-refractivity contribution is 5.89. The normalized spacial score (nSPS) is 16.8. The predicted molar refractivity (Wildman–Crippen MR) is 53.0 cm³/mol. The van der Waals surface area contributed by atoms with Crippen molar-refractivity contribution in [2.75, 3.05) is 13.1 Å². The van der Waals surface area contributed by atoms with Crippen molar-refractivity contribution >= 4 is 12.3 Å². The Kier molecular flexibility index (Phi) is 2.78. The highest BCUT2D eigenvalue weighted by atomic mass is 16.7. The molecule has 1 aromatic carbocycles. The van der Waals surface area contributed by atoms with Gasteiger partial charge in [0.2, 0.25) is 0 Å². The van der Waals surface area contributed by atoms with Crippen LogP contribution in [0, 0.1) is 5.92 Å². The van der Waals surface area contributed by atoms with E-state index in [1.807, 2.05) is 6.07 Å². The van der Waals surface area contributed by atoms with Crippen LogP contribution < -0.4 is 0 Å². The molecule has 0 N–H and O–H groups in total. The van der Waals surface area contributed by atoms with E-state index in [-0.39, 0.29) is 11.9 Å². The van der Waals surface area contributed by atoms with Gasteiger partial charge in [-0.25, -0.2) is 4.79 Å². The number of hydrogen-bond donors (Lipinski definition) is 0. The second kappa shape index (κ2) is 4.23. The average Bonchev–Trinajstić information content (AvgIpc) is 2.23. The van der Waals surface area contributed by atoms with Crippen molar-refractivity contribution in [3.63, 3.8) is 0 Å². The Hall–Kier alpha value is -1.68. The molecule has 0 spiro atoms. The summed E-state index contributed by atoms with van der Waals surface area (Å²) < 4.78 is 0. The molecule has 0 aliphatic carbocycles. The molecule has 0 unspecified atom stereocenters. The van der Waals surface area contributed by atoms with Gasteiger partial charge in [0.05, 0.1) is 5.56 Å². The summed E-state index contributed by atoms with van der Waals surface area (Å²) in [5.74, 6) is -0.367. The molecule has 1 aliphatic rings. The van der Waals surface area contributed by atoms with Crippen LogP contribution in [0.15, 0.2) is 30.3 Å². The Labute approximate surface area is 87.4 Å². The number of carbonyl (C=O) groups is 2.